The van der Waals surface area contributed by atoms with Crippen LogP contribution in [0.3, 0.4) is 0 Å². The molecule has 2 heterocycles. The molecule has 0 spiro atoms. The molecule has 1 saturated heterocycles. The normalized spacial score (nSPS) is 17.7. The zero-order valence-corrected chi connectivity index (χ0v) is 20.9. The highest BCUT2D eigenvalue weighted by Gasteiger charge is 2.47. The predicted molar refractivity (Wildman–Crippen MR) is 135 cm³/mol. The number of carbonyl (C=O) groups excluding carboxylic acids is 2. The average molecular weight is 524 g/mol. The van der Waals surface area contributed by atoms with Crippen molar-refractivity contribution in [2.75, 3.05) is 33.0 Å². The topological polar surface area (TPSA) is 104 Å². The lowest BCUT2D eigenvalue weighted by Gasteiger charge is -2.26. The number of rotatable bonds is 6. The number of halogens is 1. The van der Waals surface area contributed by atoms with E-state index in [9.17, 15) is 14.7 Å². The maximum Gasteiger partial charge on any atom is 0.300 e. The van der Waals surface area contributed by atoms with Gasteiger partial charge >= 0.3 is 0 Å². The number of aliphatic hydroxyl groups excluding tert-OH is 1. The minimum Gasteiger partial charge on any atom is -0.507 e. The summed E-state index contributed by atoms with van der Waals surface area (Å²) >= 11 is 6.27. The van der Waals surface area contributed by atoms with Gasteiger partial charge in [0, 0.05) is 17.3 Å². The van der Waals surface area contributed by atoms with Gasteiger partial charge in [0.1, 0.15) is 11.5 Å². The fraction of sp³-hybridized carbons (Fsp3) is 0.185. The Kier molecular flexibility index (Phi) is 6.31. The number of nitrogens with zero attached hydrogens (tertiary/aromatic N) is 1. The number of ether oxygens (including phenoxy) is 5. The zero-order valence-electron chi connectivity index (χ0n) is 20.1. The summed E-state index contributed by atoms with van der Waals surface area (Å²) in [7, 11) is 4.45. The van der Waals surface area contributed by atoms with E-state index in [1.807, 2.05) is 0 Å². The number of ketones is 1. The van der Waals surface area contributed by atoms with Gasteiger partial charge in [-0.15, -0.1) is 0 Å². The van der Waals surface area contributed by atoms with Crippen LogP contribution in [-0.2, 0) is 9.59 Å². The zero-order chi connectivity index (χ0) is 26.3. The number of Topliss-reactive ketones (excluding diaryl/α,β-unsaturated/α-hetero) is 1. The third-order valence-corrected chi connectivity index (χ3v) is 6.52. The van der Waals surface area contributed by atoms with Crippen molar-refractivity contribution in [1.29, 1.82) is 0 Å². The highest BCUT2D eigenvalue weighted by molar-refractivity contribution is 6.51. The molecule has 3 aromatic rings. The predicted octanol–water partition coefficient (Wildman–Crippen LogP) is 4.72. The molecule has 0 bridgehead atoms. The van der Waals surface area contributed by atoms with Gasteiger partial charge in [-0.2, -0.15) is 0 Å². The molecule has 3 aromatic carbocycles. The number of fused-ring (bicyclic) bond motifs is 1. The molecule has 190 valence electrons. The molecule has 0 aliphatic carbocycles. The number of anilines is 1. The van der Waals surface area contributed by atoms with Crippen LogP contribution >= 0.6 is 11.6 Å². The van der Waals surface area contributed by atoms with Crippen LogP contribution in [-0.4, -0.2) is 44.9 Å². The van der Waals surface area contributed by atoms with Gasteiger partial charge in [-0.3, -0.25) is 14.5 Å². The van der Waals surface area contributed by atoms with Gasteiger partial charge in [-0.25, -0.2) is 0 Å². The molecule has 37 heavy (non-hydrogen) atoms. The maximum absolute atomic E-state index is 13.4. The molecule has 2 aliphatic heterocycles. The van der Waals surface area contributed by atoms with E-state index in [-0.39, 0.29) is 28.7 Å². The first-order chi connectivity index (χ1) is 17.9. The van der Waals surface area contributed by atoms with Crippen molar-refractivity contribution in [3.63, 3.8) is 0 Å². The molecule has 0 radical (unpaired) electrons. The number of methoxy groups -OCH3 is 3. The van der Waals surface area contributed by atoms with Gasteiger partial charge in [0.05, 0.1) is 38.0 Å². The number of hydrogen-bond acceptors (Lipinski definition) is 8. The second-order valence-electron chi connectivity index (χ2n) is 8.17. The van der Waals surface area contributed by atoms with Crippen LogP contribution in [0.25, 0.3) is 5.76 Å². The van der Waals surface area contributed by atoms with Crippen molar-refractivity contribution >= 4 is 34.7 Å². The summed E-state index contributed by atoms with van der Waals surface area (Å²) < 4.78 is 26.8. The third-order valence-electron chi connectivity index (χ3n) is 6.23. The van der Waals surface area contributed by atoms with Gasteiger partial charge in [-0.1, -0.05) is 17.7 Å². The van der Waals surface area contributed by atoms with Gasteiger partial charge in [0.25, 0.3) is 11.7 Å². The van der Waals surface area contributed by atoms with Crippen LogP contribution in [0.2, 0.25) is 5.02 Å². The summed E-state index contributed by atoms with van der Waals surface area (Å²) in [6.07, 6.45) is 0. The molecule has 2 aliphatic rings. The van der Waals surface area contributed by atoms with E-state index in [2.05, 4.69) is 0 Å². The van der Waals surface area contributed by atoms with E-state index in [1.54, 1.807) is 48.5 Å². The molecule has 1 amide bonds. The van der Waals surface area contributed by atoms with Crippen molar-refractivity contribution < 1.29 is 38.4 Å². The van der Waals surface area contributed by atoms with E-state index >= 15 is 0 Å². The quantitative estimate of drug-likeness (QED) is 0.281. The smallest absolute Gasteiger partial charge is 0.300 e. The number of hydrogen-bond donors (Lipinski definition) is 1. The largest absolute Gasteiger partial charge is 0.507 e. The third kappa shape index (κ3) is 4.07. The minimum atomic E-state index is -0.999. The van der Waals surface area contributed by atoms with Crippen molar-refractivity contribution in [3.05, 3.63) is 76.3 Å². The fourth-order valence-electron chi connectivity index (χ4n) is 4.44. The molecule has 1 fully saturated rings. The lowest BCUT2D eigenvalue weighted by Crippen LogP contribution is -2.29. The Labute approximate surface area is 217 Å². The lowest BCUT2D eigenvalue weighted by molar-refractivity contribution is -0.132. The van der Waals surface area contributed by atoms with E-state index in [1.165, 1.54) is 32.3 Å². The second kappa shape index (κ2) is 9.59. The number of benzene rings is 3. The maximum atomic E-state index is 13.4. The standard InChI is InChI=1S/C27H22ClNO8/c1-33-18-7-5-15(10-17(18)28)25(30)23-24(14-4-8-19(34-2)21(11-14)35-3)29(27(32)26(23)31)16-6-9-20-22(12-16)37-13-36-20/h4-12,24,30H,13H2,1-3H3/b25-23+. The minimum absolute atomic E-state index is 0.0505. The van der Waals surface area contributed by atoms with Crippen molar-refractivity contribution in [2.24, 2.45) is 0 Å². The van der Waals surface area contributed by atoms with Crippen molar-refractivity contribution in [3.8, 4) is 28.7 Å². The molecule has 9 nitrogen and oxygen atoms in total. The molecule has 1 unspecified atom stereocenters. The first-order valence-electron chi connectivity index (χ1n) is 11.1. The first-order valence-corrected chi connectivity index (χ1v) is 11.5. The van der Waals surface area contributed by atoms with Gasteiger partial charge < -0.3 is 28.8 Å². The van der Waals surface area contributed by atoms with Gasteiger partial charge in [-0.05, 0) is 48.0 Å². The molecular formula is C27H22ClNO8. The molecule has 5 rings (SSSR count). The summed E-state index contributed by atoms with van der Waals surface area (Å²) in [5.74, 6) is 0.156. The van der Waals surface area contributed by atoms with Crippen LogP contribution in [0.4, 0.5) is 5.69 Å². The Morgan fingerprint density at radius 1 is 0.892 bits per heavy atom. The SMILES string of the molecule is COc1ccc(/C(O)=C2\C(=O)C(=O)N(c3ccc4c(c3)OCO4)C2c2ccc(OC)c(OC)c2)cc1Cl. The summed E-state index contributed by atoms with van der Waals surface area (Å²) in [6.45, 7) is 0.0505. The van der Waals surface area contributed by atoms with Gasteiger partial charge in [0.15, 0.2) is 23.0 Å². The summed E-state index contributed by atoms with van der Waals surface area (Å²) in [5.41, 5.74) is 1.03. The van der Waals surface area contributed by atoms with Crippen LogP contribution in [0.1, 0.15) is 17.2 Å². The second-order valence-corrected chi connectivity index (χ2v) is 8.58. The van der Waals surface area contributed by atoms with E-state index in [0.29, 0.717) is 40.0 Å². The monoisotopic (exact) mass is 523 g/mol. The molecule has 10 heteroatoms. The van der Waals surface area contributed by atoms with Crippen molar-refractivity contribution in [2.45, 2.75) is 6.04 Å². The summed E-state index contributed by atoms with van der Waals surface area (Å²) in [4.78, 5) is 28.2. The molecule has 1 N–H and O–H groups in total. The van der Waals surface area contributed by atoms with Crippen LogP contribution in [0, 0.1) is 0 Å². The molecule has 1 atom stereocenters. The molecule has 0 saturated carbocycles. The van der Waals surface area contributed by atoms with Crippen LogP contribution in [0.5, 0.6) is 28.7 Å². The molecular weight excluding hydrogens is 502 g/mol. The lowest BCUT2D eigenvalue weighted by atomic mass is 9.94. The van der Waals surface area contributed by atoms with Crippen LogP contribution < -0.4 is 28.6 Å². The van der Waals surface area contributed by atoms with E-state index in [0.717, 1.165) is 0 Å². The summed E-state index contributed by atoms with van der Waals surface area (Å²) in [5, 5.41) is 11.6. The Balaban J connectivity index is 1.72. The Morgan fingerprint density at radius 3 is 2.30 bits per heavy atom. The summed E-state index contributed by atoms with van der Waals surface area (Å²) in [6, 6.07) is 13.5. The van der Waals surface area contributed by atoms with Gasteiger partial charge in [0.2, 0.25) is 6.79 Å². The Morgan fingerprint density at radius 2 is 1.59 bits per heavy atom. The Bertz CT molecular complexity index is 1450. The molecule has 0 aromatic heterocycles. The average Bonchev–Trinajstić information content (AvgIpc) is 3.49. The van der Waals surface area contributed by atoms with Crippen molar-refractivity contribution in [1.82, 2.24) is 0 Å². The number of aliphatic hydroxyl groups is 1. The number of carbonyl (C=O) groups is 2. The fourth-order valence-corrected chi connectivity index (χ4v) is 4.70. The first kappa shape index (κ1) is 24.3. The Hall–Kier alpha value is -4.37. The van der Waals surface area contributed by atoms with E-state index < -0.39 is 17.7 Å². The highest BCUT2D eigenvalue weighted by atomic mass is 35.5. The highest BCUT2D eigenvalue weighted by Crippen LogP contribution is 2.46. The number of amides is 1. The van der Waals surface area contributed by atoms with E-state index in [4.69, 9.17) is 35.3 Å². The van der Waals surface area contributed by atoms with Crippen LogP contribution in [0.15, 0.2) is 60.2 Å².